The summed E-state index contributed by atoms with van der Waals surface area (Å²) < 4.78 is 6.75. The Morgan fingerprint density at radius 3 is 3.00 bits per heavy atom. The van der Waals surface area contributed by atoms with E-state index in [1.807, 2.05) is 24.3 Å². The van der Waals surface area contributed by atoms with Crippen molar-refractivity contribution in [1.82, 2.24) is 10.3 Å². The minimum Gasteiger partial charge on any atom is -0.437 e. The normalized spacial score (nSPS) is 10.6. The highest BCUT2D eigenvalue weighted by molar-refractivity contribution is 9.10. The van der Waals surface area contributed by atoms with E-state index in [2.05, 4.69) is 33.2 Å². The molecule has 2 aromatic rings. The highest BCUT2D eigenvalue weighted by Crippen LogP contribution is 2.32. The molecule has 0 aliphatic rings. The lowest BCUT2D eigenvalue weighted by molar-refractivity contribution is 0.453. The van der Waals surface area contributed by atoms with E-state index in [0.29, 0.717) is 16.7 Å². The summed E-state index contributed by atoms with van der Waals surface area (Å²) >= 11 is 9.54. The molecule has 0 bridgehead atoms. The fourth-order valence-corrected chi connectivity index (χ4v) is 2.21. The Labute approximate surface area is 132 Å². The summed E-state index contributed by atoms with van der Waals surface area (Å²) in [5.41, 5.74) is 1.01. The molecule has 20 heavy (non-hydrogen) atoms. The minimum atomic E-state index is 0.561. The third-order valence-corrected chi connectivity index (χ3v) is 3.50. The van der Waals surface area contributed by atoms with Crippen LogP contribution in [0.25, 0.3) is 0 Å². The molecule has 0 saturated carbocycles. The zero-order chi connectivity index (χ0) is 14.4. The van der Waals surface area contributed by atoms with Crippen LogP contribution < -0.4 is 10.1 Å². The van der Waals surface area contributed by atoms with E-state index in [1.165, 1.54) is 0 Å². The monoisotopic (exact) mass is 354 g/mol. The van der Waals surface area contributed by atoms with Crippen LogP contribution in [0.2, 0.25) is 5.02 Å². The third-order valence-electron chi connectivity index (χ3n) is 2.69. The molecule has 0 unspecified atom stereocenters. The molecule has 1 heterocycles. The van der Waals surface area contributed by atoms with E-state index in [1.54, 1.807) is 12.3 Å². The van der Waals surface area contributed by atoms with Gasteiger partial charge in [-0.3, -0.25) is 0 Å². The first-order valence-electron chi connectivity index (χ1n) is 6.48. The van der Waals surface area contributed by atoms with Gasteiger partial charge in [0.15, 0.2) is 0 Å². The summed E-state index contributed by atoms with van der Waals surface area (Å²) in [7, 11) is 0. The first-order valence-corrected chi connectivity index (χ1v) is 7.65. The first kappa shape index (κ1) is 15.3. The van der Waals surface area contributed by atoms with Gasteiger partial charge in [-0.15, -0.1) is 0 Å². The zero-order valence-corrected chi connectivity index (χ0v) is 13.5. The lowest BCUT2D eigenvalue weighted by atomic mass is 10.2. The molecule has 0 amide bonds. The Balaban J connectivity index is 2.18. The van der Waals surface area contributed by atoms with Gasteiger partial charge in [-0.1, -0.05) is 40.5 Å². The number of ether oxygens (including phenoxy) is 1. The van der Waals surface area contributed by atoms with Crippen LogP contribution in [0, 0.1) is 0 Å². The number of nitrogens with one attached hydrogen (secondary N) is 1. The average molecular weight is 356 g/mol. The Kier molecular flexibility index (Phi) is 5.83. The maximum Gasteiger partial charge on any atom is 0.223 e. The van der Waals surface area contributed by atoms with Crippen LogP contribution in [0.4, 0.5) is 0 Å². The van der Waals surface area contributed by atoms with Crippen molar-refractivity contribution in [3.63, 3.8) is 0 Å². The number of benzene rings is 1. The Bertz CT molecular complexity index is 578. The molecule has 5 heteroatoms. The second-order valence-corrected chi connectivity index (χ2v) is 5.64. The van der Waals surface area contributed by atoms with Crippen molar-refractivity contribution in [1.29, 1.82) is 0 Å². The third kappa shape index (κ3) is 4.20. The molecular weight excluding hydrogens is 340 g/mol. The first-order chi connectivity index (χ1) is 9.70. The fraction of sp³-hybridized carbons (Fsp3) is 0.267. The van der Waals surface area contributed by atoms with E-state index in [4.69, 9.17) is 16.3 Å². The molecule has 0 aliphatic heterocycles. The predicted molar refractivity (Wildman–Crippen MR) is 85.5 cm³/mol. The second kappa shape index (κ2) is 7.62. The van der Waals surface area contributed by atoms with Gasteiger partial charge in [0.05, 0.1) is 5.02 Å². The van der Waals surface area contributed by atoms with Crippen molar-refractivity contribution in [2.75, 3.05) is 6.54 Å². The summed E-state index contributed by atoms with van der Waals surface area (Å²) in [6, 6.07) is 9.39. The van der Waals surface area contributed by atoms with Crippen LogP contribution >= 0.6 is 27.5 Å². The van der Waals surface area contributed by atoms with Gasteiger partial charge < -0.3 is 10.1 Å². The molecular formula is C15H16BrClN2O. The Morgan fingerprint density at radius 1 is 1.35 bits per heavy atom. The van der Waals surface area contributed by atoms with E-state index >= 15 is 0 Å². The van der Waals surface area contributed by atoms with E-state index in [9.17, 15) is 0 Å². The number of rotatable bonds is 6. The van der Waals surface area contributed by atoms with Gasteiger partial charge in [0.25, 0.3) is 0 Å². The molecule has 106 valence electrons. The molecule has 0 saturated heterocycles. The topological polar surface area (TPSA) is 34.2 Å². The van der Waals surface area contributed by atoms with Gasteiger partial charge in [-0.2, -0.15) is 0 Å². The number of hydrogen-bond donors (Lipinski definition) is 1. The van der Waals surface area contributed by atoms with Crippen LogP contribution in [-0.4, -0.2) is 11.5 Å². The van der Waals surface area contributed by atoms with Gasteiger partial charge in [-0.05, 0) is 37.2 Å². The quantitative estimate of drug-likeness (QED) is 0.757. The van der Waals surface area contributed by atoms with Crippen molar-refractivity contribution < 1.29 is 4.74 Å². The number of nitrogens with zero attached hydrogens (tertiary/aromatic N) is 1. The highest BCUT2D eigenvalue weighted by Gasteiger charge is 2.09. The van der Waals surface area contributed by atoms with Gasteiger partial charge in [0, 0.05) is 22.8 Å². The lowest BCUT2D eigenvalue weighted by Gasteiger charge is -2.11. The maximum absolute atomic E-state index is 6.14. The Morgan fingerprint density at radius 2 is 2.20 bits per heavy atom. The Hall–Kier alpha value is -1.10. The van der Waals surface area contributed by atoms with Gasteiger partial charge >= 0.3 is 0 Å². The number of pyridine rings is 1. The van der Waals surface area contributed by atoms with Gasteiger partial charge in [0.2, 0.25) is 5.88 Å². The number of hydrogen-bond acceptors (Lipinski definition) is 3. The summed E-state index contributed by atoms with van der Waals surface area (Å²) in [4.78, 5) is 4.29. The molecule has 0 spiro atoms. The highest BCUT2D eigenvalue weighted by atomic mass is 79.9. The van der Waals surface area contributed by atoms with Crippen LogP contribution in [-0.2, 0) is 6.54 Å². The zero-order valence-electron chi connectivity index (χ0n) is 11.2. The average Bonchev–Trinajstić information content (AvgIpc) is 2.45. The van der Waals surface area contributed by atoms with Crippen molar-refractivity contribution in [3.8, 4) is 11.6 Å². The molecule has 0 fully saturated rings. The molecule has 0 atom stereocenters. The smallest absolute Gasteiger partial charge is 0.223 e. The van der Waals surface area contributed by atoms with Crippen LogP contribution in [0.3, 0.4) is 0 Å². The molecule has 1 N–H and O–H groups in total. The summed E-state index contributed by atoms with van der Waals surface area (Å²) in [5.74, 6) is 1.17. The largest absolute Gasteiger partial charge is 0.437 e. The van der Waals surface area contributed by atoms with Crippen molar-refractivity contribution in [2.24, 2.45) is 0 Å². The standard InChI is InChI=1S/C15H16BrClN2O/c1-2-7-18-10-11-4-3-8-19-15(11)20-14-9-12(16)5-6-13(14)17/h3-6,8-9,18H,2,7,10H2,1H3. The molecule has 1 aromatic heterocycles. The van der Waals surface area contributed by atoms with Gasteiger partial charge in [-0.25, -0.2) is 4.98 Å². The number of halogens is 2. The number of aromatic nitrogens is 1. The fourth-order valence-electron chi connectivity index (χ4n) is 1.71. The predicted octanol–water partition coefficient (Wildman–Crippen LogP) is 4.79. The molecule has 1 aromatic carbocycles. The van der Waals surface area contributed by atoms with Crippen molar-refractivity contribution >= 4 is 27.5 Å². The molecule has 3 nitrogen and oxygen atoms in total. The van der Waals surface area contributed by atoms with E-state index < -0.39 is 0 Å². The molecule has 0 aliphatic carbocycles. The lowest BCUT2D eigenvalue weighted by Crippen LogP contribution is -2.14. The summed E-state index contributed by atoms with van der Waals surface area (Å²) in [6.45, 7) is 3.82. The second-order valence-electron chi connectivity index (χ2n) is 4.32. The van der Waals surface area contributed by atoms with Crippen LogP contribution in [0.15, 0.2) is 41.0 Å². The summed E-state index contributed by atoms with van der Waals surface area (Å²) in [5, 5.41) is 3.90. The van der Waals surface area contributed by atoms with Gasteiger partial charge in [0.1, 0.15) is 5.75 Å². The van der Waals surface area contributed by atoms with E-state index in [0.717, 1.165) is 29.5 Å². The van der Waals surface area contributed by atoms with Crippen LogP contribution in [0.1, 0.15) is 18.9 Å². The SMILES string of the molecule is CCCNCc1cccnc1Oc1cc(Br)ccc1Cl. The van der Waals surface area contributed by atoms with Crippen molar-refractivity contribution in [3.05, 3.63) is 51.6 Å². The van der Waals surface area contributed by atoms with Crippen molar-refractivity contribution in [2.45, 2.75) is 19.9 Å². The minimum absolute atomic E-state index is 0.561. The van der Waals surface area contributed by atoms with E-state index in [-0.39, 0.29) is 0 Å². The van der Waals surface area contributed by atoms with Crippen LogP contribution in [0.5, 0.6) is 11.6 Å². The molecule has 0 radical (unpaired) electrons. The molecule has 2 rings (SSSR count). The maximum atomic E-state index is 6.14. The summed E-state index contributed by atoms with van der Waals surface area (Å²) in [6.07, 6.45) is 2.80.